The SMILES string of the molecule is O=C(Nc1ccccc1)Oc1cc2cc([N+](=O)[O-])ccc2n1Cc1ccccc1F. The number of ether oxygens (including phenoxy) is 1. The van der Waals surface area contributed by atoms with Gasteiger partial charge in [-0.3, -0.25) is 15.4 Å². The number of hydrogen-bond acceptors (Lipinski definition) is 4. The summed E-state index contributed by atoms with van der Waals surface area (Å²) in [6.07, 6.45) is -0.728. The molecule has 4 rings (SSSR count). The highest BCUT2D eigenvalue weighted by atomic mass is 19.1. The number of aromatic nitrogens is 1. The third-order valence-corrected chi connectivity index (χ3v) is 4.56. The van der Waals surface area contributed by atoms with Gasteiger partial charge in [0.15, 0.2) is 0 Å². The number of anilines is 1. The Kier molecular flexibility index (Phi) is 5.13. The lowest BCUT2D eigenvalue weighted by atomic mass is 10.2. The Morgan fingerprint density at radius 2 is 1.77 bits per heavy atom. The maximum atomic E-state index is 14.2. The molecule has 1 amide bonds. The summed E-state index contributed by atoms with van der Waals surface area (Å²) >= 11 is 0. The van der Waals surface area contributed by atoms with Crippen LogP contribution in [0.15, 0.2) is 78.9 Å². The zero-order chi connectivity index (χ0) is 21.1. The summed E-state index contributed by atoms with van der Waals surface area (Å²) in [6.45, 7) is 0.0853. The molecule has 1 aromatic heterocycles. The molecule has 0 fully saturated rings. The summed E-state index contributed by atoms with van der Waals surface area (Å²) in [4.78, 5) is 23.0. The topological polar surface area (TPSA) is 86.4 Å². The summed E-state index contributed by atoms with van der Waals surface area (Å²) < 4.78 is 21.3. The number of nitrogens with one attached hydrogen (secondary N) is 1. The molecule has 8 heteroatoms. The second-order valence-corrected chi connectivity index (χ2v) is 6.54. The lowest BCUT2D eigenvalue weighted by Gasteiger charge is -2.12. The van der Waals surface area contributed by atoms with Gasteiger partial charge in [0.1, 0.15) is 5.82 Å². The number of nitrogens with zero attached hydrogens (tertiary/aromatic N) is 2. The molecule has 0 atom stereocenters. The quantitative estimate of drug-likeness (QED) is 0.358. The summed E-state index contributed by atoms with van der Waals surface area (Å²) in [7, 11) is 0. The highest BCUT2D eigenvalue weighted by Gasteiger charge is 2.17. The van der Waals surface area contributed by atoms with Gasteiger partial charge in [-0.2, -0.15) is 0 Å². The predicted molar refractivity (Wildman–Crippen MR) is 110 cm³/mol. The van der Waals surface area contributed by atoms with E-state index >= 15 is 0 Å². The van der Waals surface area contributed by atoms with Gasteiger partial charge in [-0.25, -0.2) is 9.18 Å². The van der Waals surface area contributed by atoms with Crippen LogP contribution in [0.1, 0.15) is 5.56 Å². The van der Waals surface area contributed by atoms with Crippen molar-refractivity contribution in [3.05, 3.63) is 100 Å². The van der Waals surface area contributed by atoms with Crippen LogP contribution in [-0.2, 0) is 6.54 Å². The van der Waals surface area contributed by atoms with Crippen molar-refractivity contribution in [2.24, 2.45) is 0 Å². The number of amides is 1. The Labute approximate surface area is 170 Å². The average Bonchev–Trinajstić information content (AvgIpc) is 3.06. The molecule has 3 aromatic carbocycles. The zero-order valence-electron chi connectivity index (χ0n) is 15.6. The van der Waals surface area contributed by atoms with Gasteiger partial charge in [0.05, 0.1) is 17.0 Å². The number of benzene rings is 3. The molecule has 1 heterocycles. The number of halogens is 1. The number of para-hydroxylation sites is 1. The highest BCUT2D eigenvalue weighted by Crippen LogP contribution is 2.30. The fraction of sp³-hybridized carbons (Fsp3) is 0.0455. The molecule has 4 aromatic rings. The van der Waals surface area contributed by atoms with E-state index in [-0.39, 0.29) is 18.1 Å². The van der Waals surface area contributed by atoms with Crippen LogP contribution in [-0.4, -0.2) is 15.6 Å². The third-order valence-electron chi connectivity index (χ3n) is 4.56. The van der Waals surface area contributed by atoms with Crippen molar-refractivity contribution in [2.45, 2.75) is 6.54 Å². The molecule has 0 aliphatic heterocycles. The van der Waals surface area contributed by atoms with Gasteiger partial charge in [-0.15, -0.1) is 0 Å². The predicted octanol–water partition coefficient (Wildman–Crippen LogP) is 5.35. The number of non-ortho nitro benzene ring substituents is 1. The summed E-state index contributed by atoms with van der Waals surface area (Å²) in [5.74, 6) is -0.261. The lowest BCUT2D eigenvalue weighted by molar-refractivity contribution is -0.384. The smallest absolute Gasteiger partial charge is 0.393 e. The van der Waals surface area contributed by atoms with Crippen molar-refractivity contribution in [1.29, 1.82) is 0 Å². The number of carbonyl (C=O) groups is 1. The molecule has 150 valence electrons. The first-order valence-corrected chi connectivity index (χ1v) is 9.06. The molecule has 0 saturated heterocycles. The van der Waals surface area contributed by atoms with Crippen LogP contribution in [0.5, 0.6) is 5.88 Å². The molecule has 0 radical (unpaired) electrons. The zero-order valence-corrected chi connectivity index (χ0v) is 15.6. The molecule has 0 aliphatic carbocycles. The number of nitro benzene ring substituents is 1. The van der Waals surface area contributed by atoms with Gasteiger partial charge in [0.25, 0.3) is 5.69 Å². The summed E-state index contributed by atoms with van der Waals surface area (Å²) in [5.41, 5.74) is 1.42. The maximum Gasteiger partial charge on any atom is 0.418 e. The van der Waals surface area contributed by atoms with Gasteiger partial charge in [0.2, 0.25) is 5.88 Å². The van der Waals surface area contributed by atoms with Gasteiger partial charge >= 0.3 is 6.09 Å². The van der Waals surface area contributed by atoms with E-state index in [1.54, 1.807) is 53.1 Å². The second-order valence-electron chi connectivity index (χ2n) is 6.54. The normalized spacial score (nSPS) is 10.7. The van der Waals surface area contributed by atoms with Crippen LogP contribution in [0, 0.1) is 15.9 Å². The Hall–Kier alpha value is -4.20. The van der Waals surface area contributed by atoms with Gasteiger partial charge in [-0.05, 0) is 24.3 Å². The molecular weight excluding hydrogens is 389 g/mol. The molecule has 0 saturated carbocycles. The largest absolute Gasteiger partial charge is 0.418 e. The van der Waals surface area contributed by atoms with Crippen molar-refractivity contribution in [1.82, 2.24) is 4.57 Å². The van der Waals surface area contributed by atoms with Crippen LogP contribution in [0.2, 0.25) is 0 Å². The summed E-state index contributed by atoms with van der Waals surface area (Å²) in [6, 6.07) is 20.8. The molecule has 0 unspecified atom stereocenters. The summed E-state index contributed by atoms with van der Waals surface area (Å²) in [5, 5.41) is 14.2. The van der Waals surface area contributed by atoms with E-state index in [0.717, 1.165) is 0 Å². The minimum atomic E-state index is -0.728. The van der Waals surface area contributed by atoms with E-state index in [1.165, 1.54) is 24.3 Å². The van der Waals surface area contributed by atoms with Crippen molar-refractivity contribution in [3.63, 3.8) is 0 Å². The van der Waals surface area contributed by atoms with Crippen molar-refractivity contribution in [3.8, 4) is 5.88 Å². The van der Waals surface area contributed by atoms with E-state index in [0.29, 0.717) is 22.2 Å². The number of fused-ring (bicyclic) bond motifs is 1. The Balaban J connectivity index is 1.71. The van der Waals surface area contributed by atoms with E-state index in [9.17, 15) is 19.3 Å². The third kappa shape index (κ3) is 3.97. The molecule has 0 spiro atoms. The first-order valence-electron chi connectivity index (χ1n) is 9.06. The first-order chi connectivity index (χ1) is 14.5. The Morgan fingerprint density at radius 1 is 1.03 bits per heavy atom. The van der Waals surface area contributed by atoms with Gasteiger partial charge in [-0.1, -0.05) is 36.4 Å². The molecular formula is C22H16FN3O4. The highest BCUT2D eigenvalue weighted by molar-refractivity contribution is 5.89. The first kappa shape index (κ1) is 19.1. The average molecular weight is 405 g/mol. The Bertz CT molecular complexity index is 1240. The minimum Gasteiger partial charge on any atom is -0.393 e. The van der Waals surface area contributed by atoms with E-state index < -0.39 is 16.8 Å². The maximum absolute atomic E-state index is 14.2. The number of nitro groups is 1. The van der Waals surface area contributed by atoms with Crippen LogP contribution in [0.4, 0.5) is 20.6 Å². The van der Waals surface area contributed by atoms with E-state index in [1.807, 2.05) is 6.07 Å². The van der Waals surface area contributed by atoms with Crippen LogP contribution in [0.3, 0.4) is 0 Å². The second kappa shape index (κ2) is 8.04. The van der Waals surface area contributed by atoms with Crippen LogP contribution >= 0.6 is 0 Å². The van der Waals surface area contributed by atoms with Crippen molar-refractivity contribution >= 4 is 28.4 Å². The van der Waals surface area contributed by atoms with Gasteiger partial charge < -0.3 is 9.30 Å². The molecule has 7 nitrogen and oxygen atoms in total. The standard InChI is InChI=1S/C22H16FN3O4/c23-19-9-5-4-6-15(19)14-25-20-11-10-18(26(28)29)12-16(20)13-21(25)30-22(27)24-17-7-2-1-3-8-17/h1-13H,14H2,(H,24,27). The monoisotopic (exact) mass is 405 g/mol. The lowest BCUT2D eigenvalue weighted by Crippen LogP contribution is -2.18. The number of carbonyl (C=O) groups excluding carboxylic acids is 1. The van der Waals surface area contributed by atoms with Crippen LogP contribution < -0.4 is 10.1 Å². The fourth-order valence-corrected chi connectivity index (χ4v) is 3.15. The van der Waals surface area contributed by atoms with Crippen molar-refractivity contribution in [2.75, 3.05) is 5.32 Å². The number of hydrogen-bond donors (Lipinski definition) is 1. The number of rotatable bonds is 5. The van der Waals surface area contributed by atoms with Crippen molar-refractivity contribution < 1.29 is 18.8 Å². The van der Waals surface area contributed by atoms with Gasteiger partial charge in [0, 0.05) is 34.8 Å². The Morgan fingerprint density at radius 3 is 2.50 bits per heavy atom. The van der Waals surface area contributed by atoms with E-state index in [4.69, 9.17) is 4.74 Å². The molecule has 1 N–H and O–H groups in total. The van der Waals surface area contributed by atoms with Crippen LogP contribution in [0.25, 0.3) is 10.9 Å². The van der Waals surface area contributed by atoms with E-state index in [2.05, 4.69) is 5.32 Å². The molecule has 30 heavy (non-hydrogen) atoms. The molecule has 0 bridgehead atoms. The fourth-order valence-electron chi connectivity index (χ4n) is 3.15. The molecule has 0 aliphatic rings. The minimum absolute atomic E-state index is 0.0853.